The normalized spacial score (nSPS) is 11.2. The highest BCUT2D eigenvalue weighted by Crippen LogP contribution is 2.34. The summed E-state index contributed by atoms with van der Waals surface area (Å²) in [4.78, 5) is 23.0. The number of hydrogen-bond acceptors (Lipinski definition) is 7. The Balaban J connectivity index is 1.28. The summed E-state index contributed by atoms with van der Waals surface area (Å²) >= 11 is 3.53. The number of carbonyl (C=O) groups excluding carboxylic acids is 1. The molecule has 0 bridgehead atoms. The van der Waals surface area contributed by atoms with Crippen LogP contribution >= 0.6 is 15.9 Å². The summed E-state index contributed by atoms with van der Waals surface area (Å²) in [7, 11) is 0. The van der Waals surface area contributed by atoms with Crippen LogP contribution in [0.1, 0.15) is 28.6 Å². The van der Waals surface area contributed by atoms with Crippen LogP contribution in [0.2, 0.25) is 0 Å². The number of hydrazone groups is 1. The molecule has 0 aliphatic carbocycles. The lowest BCUT2D eigenvalue weighted by Gasteiger charge is -2.14. The Morgan fingerprint density at radius 1 is 1.00 bits per heavy atom. The molecule has 39 heavy (non-hydrogen) atoms. The van der Waals surface area contributed by atoms with Crippen LogP contribution in [0.5, 0.6) is 11.5 Å². The number of nitrogens with zero attached hydrogens (tertiary/aromatic N) is 2. The first-order chi connectivity index (χ1) is 18.9. The fourth-order valence-corrected chi connectivity index (χ4v) is 4.42. The number of benzene rings is 4. The molecule has 0 aliphatic rings. The Morgan fingerprint density at radius 2 is 1.79 bits per heavy atom. The molecule has 9 nitrogen and oxygen atoms in total. The van der Waals surface area contributed by atoms with Crippen molar-refractivity contribution < 1.29 is 23.6 Å². The zero-order valence-electron chi connectivity index (χ0n) is 20.7. The molecule has 1 aromatic heterocycles. The second-order valence-corrected chi connectivity index (χ2v) is 9.37. The van der Waals surface area contributed by atoms with Crippen molar-refractivity contribution in [3.8, 4) is 11.5 Å². The molecule has 0 saturated heterocycles. The molecular formula is C29H22BrN3O6. The average Bonchev–Trinajstić information content (AvgIpc) is 3.37. The molecule has 0 spiro atoms. The van der Waals surface area contributed by atoms with Crippen LogP contribution in [0, 0.1) is 10.1 Å². The summed E-state index contributed by atoms with van der Waals surface area (Å²) in [6.07, 6.45) is 1.46. The van der Waals surface area contributed by atoms with Gasteiger partial charge in [0.25, 0.3) is 5.69 Å². The third kappa shape index (κ3) is 5.91. The standard InChI is InChI=1S/C29H22BrN3O6/c1-2-37-26-14-22(16-31-32-29(34)28-13-21-12-23(33(35)36)9-10-25(21)39-28)24(30)15-27(26)38-17-18-7-8-19-5-3-4-6-20(19)11-18/h3-16H,2,17H2,1H3,(H,32,34)/b31-16+. The van der Waals surface area contributed by atoms with E-state index in [2.05, 4.69) is 50.7 Å². The number of nitro benzene ring substituents is 1. The van der Waals surface area contributed by atoms with Crippen LogP contribution in [0.25, 0.3) is 21.7 Å². The van der Waals surface area contributed by atoms with Crippen molar-refractivity contribution in [1.82, 2.24) is 5.43 Å². The van der Waals surface area contributed by atoms with E-state index in [4.69, 9.17) is 13.9 Å². The molecule has 0 saturated carbocycles. The zero-order valence-corrected chi connectivity index (χ0v) is 22.3. The molecule has 1 amide bonds. The third-order valence-electron chi connectivity index (χ3n) is 5.88. The largest absolute Gasteiger partial charge is 0.490 e. The zero-order chi connectivity index (χ0) is 27.4. The predicted octanol–water partition coefficient (Wildman–Crippen LogP) is 7.00. The molecule has 0 unspecified atom stereocenters. The van der Waals surface area contributed by atoms with Crippen molar-refractivity contribution in [2.75, 3.05) is 6.61 Å². The number of amides is 1. The Hall–Kier alpha value is -4.70. The number of nitro groups is 1. The van der Waals surface area contributed by atoms with Crippen molar-refractivity contribution in [2.45, 2.75) is 13.5 Å². The van der Waals surface area contributed by atoms with Gasteiger partial charge in [-0.15, -0.1) is 0 Å². The minimum Gasteiger partial charge on any atom is -0.490 e. The molecule has 10 heteroatoms. The topological polar surface area (TPSA) is 116 Å². The van der Waals surface area contributed by atoms with E-state index in [1.54, 1.807) is 12.1 Å². The molecule has 0 atom stereocenters. The van der Waals surface area contributed by atoms with Gasteiger partial charge in [0.15, 0.2) is 17.3 Å². The van der Waals surface area contributed by atoms with Gasteiger partial charge in [-0.2, -0.15) is 5.10 Å². The monoisotopic (exact) mass is 587 g/mol. The van der Waals surface area contributed by atoms with Gasteiger partial charge >= 0.3 is 5.91 Å². The van der Waals surface area contributed by atoms with E-state index < -0.39 is 10.8 Å². The predicted molar refractivity (Wildman–Crippen MR) is 152 cm³/mol. The highest BCUT2D eigenvalue weighted by Gasteiger charge is 2.15. The highest BCUT2D eigenvalue weighted by molar-refractivity contribution is 9.10. The molecule has 1 heterocycles. The minimum absolute atomic E-state index is 0.0193. The van der Waals surface area contributed by atoms with Crippen molar-refractivity contribution in [3.63, 3.8) is 0 Å². The number of hydrogen-bond donors (Lipinski definition) is 1. The number of rotatable bonds is 9. The quantitative estimate of drug-likeness (QED) is 0.113. The van der Waals surface area contributed by atoms with Gasteiger partial charge in [-0.3, -0.25) is 14.9 Å². The summed E-state index contributed by atoms with van der Waals surface area (Å²) in [5.41, 5.74) is 4.36. The van der Waals surface area contributed by atoms with E-state index in [9.17, 15) is 14.9 Å². The molecule has 0 aliphatic heterocycles. The Kier molecular flexibility index (Phi) is 7.55. The van der Waals surface area contributed by atoms with Gasteiger partial charge in [0.2, 0.25) is 0 Å². The summed E-state index contributed by atoms with van der Waals surface area (Å²) in [5.74, 6) is 0.485. The molecular weight excluding hydrogens is 566 g/mol. The van der Waals surface area contributed by atoms with Crippen molar-refractivity contribution >= 4 is 55.5 Å². The fourth-order valence-electron chi connectivity index (χ4n) is 3.99. The van der Waals surface area contributed by atoms with Crippen LogP contribution in [-0.2, 0) is 6.61 Å². The lowest BCUT2D eigenvalue weighted by molar-refractivity contribution is -0.384. The fraction of sp³-hybridized carbons (Fsp3) is 0.103. The smallest absolute Gasteiger partial charge is 0.307 e. The van der Waals surface area contributed by atoms with E-state index in [1.165, 1.54) is 35.9 Å². The van der Waals surface area contributed by atoms with Crippen molar-refractivity contribution in [2.24, 2.45) is 5.10 Å². The molecule has 5 aromatic rings. The maximum atomic E-state index is 12.5. The first-order valence-electron chi connectivity index (χ1n) is 12.0. The van der Waals surface area contributed by atoms with Crippen LogP contribution in [-0.4, -0.2) is 23.7 Å². The summed E-state index contributed by atoms with van der Waals surface area (Å²) in [6.45, 7) is 2.68. The maximum Gasteiger partial charge on any atom is 0.307 e. The van der Waals surface area contributed by atoms with Crippen molar-refractivity contribution in [1.29, 1.82) is 0 Å². The number of carbonyl (C=O) groups is 1. The molecule has 0 fully saturated rings. The van der Waals surface area contributed by atoms with E-state index in [0.29, 0.717) is 45.7 Å². The van der Waals surface area contributed by atoms with Crippen molar-refractivity contribution in [3.05, 3.63) is 110 Å². The number of fused-ring (bicyclic) bond motifs is 2. The van der Waals surface area contributed by atoms with E-state index >= 15 is 0 Å². The number of non-ortho nitro benzene ring substituents is 1. The summed E-state index contributed by atoms with van der Waals surface area (Å²) in [5, 5.41) is 17.8. The second kappa shape index (κ2) is 11.4. The Morgan fingerprint density at radius 3 is 2.59 bits per heavy atom. The molecule has 5 rings (SSSR count). The number of nitrogens with one attached hydrogen (secondary N) is 1. The van der Waals surface area contributed by atoms with Gasteiger partial charge in [0, 0.05) is 27.6 Å². The Labute approximate surface area is 231 Å². The molecule has 4 aromatic carbocycles. The molecule has 1 N–H and O–H groups in total. The van der Waals surface area contributed by atoms with Crippen LogP contribution in [0.15, 0.2) is 92.9 Å². The van der Waals surface area contributed by atoms with Crippen LogP contribution in [0.4, 0.5) is 5.69 Å². The van der Waals surface area contributed by atoms with E-state index in [1.807, 2.05) is 25.1 Å². The van der Waals surface area contributed by atoms with E-state index in [0.717, 1.165) is 10.9 Å². The van der Waals surface area contributed by atoms with Gasteiger partial charge in [-0.1, -0.05) is 36.4 Å². The van der Waals surface area contributed by atoms with Gasteiger partial charge in [0.05, 0.1) is 17.7 Å². The minimum atomic E-state index is -0.596. The number of ether oxygens (including phenoxy) is 2. The average molecular weight is 588 g/mol. The van der Waals surface area contributed by atoms with Gasteiger partial charge in [-0.25, -0.2) is 5.43 Å². The Bertz CT molecular complexity index is 1730. The summed E-state index contributed by atoms with van der Waals surface area (Å²) < 4.78 is 18.1. The van der Waals surface area contributed by atoms with Gasteiger partial charge in [-0.05, 0) is 69.5 Å². The highest BCUT2D eigenvalue weighted by atomic mass is 79.9. The van der Waals surface area contributed by atoms with Crippen LogP contribution < -0.4 is 14.9 Å². The molecule has 0 radical (unpaired) electrons. The lowest BCUT2D eigenvalue weighted by Crippen LogP contribution is -2.16. The molecule has 196 valence electrons. The number of furan rings is 1. The van der Waals surface area contributed by atoms with Crippen LogP contribution in [0.3, 0.4) is 0 Å². The second-order valence-electron chi connectivity index (χ2n) is 8.51. The van der Waals surface area contributed by atoms with E-state index in [-0.39, 0.29) is 11.4 Å². The lowest BCUT2D eigenvalue weighted by atomic mass is 10.1. The SMILES string of the molecule is CCOc1cc(/C=N/NC(=O)c2cc3cc([N+](=O)[O-])ccc3o2)c(Br)cc1OCc1ccc2ccccc2c1. The van der Waals surface area contributed by atoms with Gasteiger partial charge < -0.3 is 13.9 Å². The first-order valence-corrected chi connectivity index (χ1v) is 12.8. The first kappa shape index (κ1) is 25.9. The third-order valence-corrected chi connectivity index (χ3v) is 6.56. The number of halogens is 1. The summed E-state index contributed by atoms with van der Waals surface area (Å²) in [6, 6.07) is 23.4. The maximum absolute atomic E-state index is 12.5. The van der Waals surface area contributed by atoms with Gasteiger partial charge in [0.1, 0.15) is 12.2 Å².